The van der Waals surface area contributed by atoms with Crippen LogP contribution >= 0.6 is 0 Å². The average Bonchev–Trinajstić information content (AvgIpc) is 3.64. The predicted octanol–water partition coefficient (Wildman–Crippen LogP) is 5.70. The minimum atomic E-state index is -5.08. The van der Waals surface area contributed by atoms with E-state index in [4.69, 9.17) is 19.7 Å². The lowest BCUT2D eigenvalue weighted by Gasteiger charge is -2.10. The number of carbonyl (C=O) groups is 2. The monoisotopic (exact) mass is 487 g/mol. The molecule has 0 spiro atoms. The Hall–Kier alpha value is -4.01. The molecule has 1 fully saturated rings. The third kappa shape index (κ3) is 8.06. The van der Waals surface area contributed by atoms with Gasteiger partial charge in [-0.3, -0.25) is 4.79 Å². The molecule has 0 heterocycles. The number of rotatable bonds is 8. The summed E-state index contributed by atoms with van der Waals surface area (Å²) in [5, 5.41) is 19.6. The van der Waals surface area contributed by atoms with Gasteiger partial charge in [0.25, 0.3) is 0 Å². The van der Waals surface area contributed by atoms with Crippen LogP contribution in [0.5, 0.6) is 5.75 Å². The van der Waals surface area contributed by atoms with Gasteiger partial charge in [-0.1, -0.05) is 54.6 Å². The number of ether oxygens (including phenoxy) is 1. The first-order chi connectivity index (χ1) is 16.6. The van der Waals surface area contributed by atoms with Gasteiger partial charge in [-0.15, -0.1) is 0 Å². The number of hydrogen-bond donors (Lipinski definition) is 3. The van der Waals surface area contributed by atoms with Crippen LogP contribution in [0.3, 0.4) is 0 Å². The molecular formula is C26H24F3NO5. The Morgan fingerprint density at radius 1 is 0.886 bits per heavy atom. The molecular weight excluding hydrogens is 463 g/mol. The summed E-state index contributed by atoms with van der Waals surface area (Å²) >= 11 is 0. The second-order valence-corrected chi connectivity index (χ2v) is 7.98. The molecule has 3 aromatic carbocycles. The van der Waals surface area contributed by atoms with Crippen molar-refractivity contribution in [2.45, 2.75) is 31.7 Å². The van der Waals surface area contributed by atoms with Gasteiger partial charge in [-0.2, -0.15) is 13.2 Å². The first-order valence-electron chi connectivity index (χ1n) is 10.8. The van der Waals surface area contributed by atoms with Crippen molar-refractivity contribution in [3.8, 4) is 5.75 Å². The lowest BCUT2D eigenvalue weighted by atomic mass is 10.1. The maximum atomic E-state index is 11.0. The standard InChI is InChI=1S/C24H23NO3.C2HF3O2/c26-24(27)23-14-22(23)19-8-10-20(11-9-19)25-15-17-6-12-21(13-7-17)28-16-18-4-2-1-3-5-18;3-2(4,5)1(6)7/h1-13,22-23,25H,14-16H2,(H,26,27);(H,6,7)/t22?,23-;/m0./s1. The first kappa shape index (κ1) is 25.6. The van der Waals surface area contributed by atoms with Crippen LogP contribution in [0.25, 0.3) is 0 Å². The summed E-state index contributed by atoms with van der Waals surface area (Å²) in [7, 11) is 0. The van der Waals surface area contributed by atoms with E-state index in [0.29, 0.717) is 6.61 Å². The summed E-state index contributed by atoms with van der Waals surface area (Å²) in [6.45, 7) is 1.29. The van der Waals surface area contributed by atoms with Gasteiger partial charge in [0, 0.05) is 12.2 Å². The van der Waals surface area contributed by atoms with E-state index in [1.807, 2.05) is 54.6 Å². The van der Waals surface area contributed by atoms with E-state index in [1.165, 1.54) is 5.56 Å². The average molecular weight is 487 g/mol. The third-order valence-corrected chi connectivity index (χ3v) is 5.36. The molecule has 0 aromatic heterocycles. The molecule has 184 valence electrons. The number of halogens is 3. The van der Waals surface area contributed by atoms with Crippen molar-refractivity contribution in [3.63, 3.8) is 0 Å². The Morgan fingerprint density at radius 3 is 2.00 bits per heavy atom. The quantitative estimate of drug-likeness (QED) is 0.377. The molecule has 0 radical (unpaired) electrons. The molecule has 3 N–H and O–H groups in total. The van der Waals surface area contributed by atoms with Crippen LogP contribution in [-0.2, 0) is 22.7 Å². The lowest BCUT2D eigenvalue weighted by molar-refractivity contribution is -0.192. The zero-order valence-electron chi connectivity index (χ0n) is 18.5. The molecule has 4 rings (SSSR count). The summed E-state index contributed by atoms with van der Waals surface area (Å²) in [5.41, 5.74) is 4.46. The highest BCUT2D eigenvalue weighted by Crippen LogP contribution is 2.47. The molecule has 3 aromatic rings. The Balaban J connectivity index is 0.000000429. The minimum Gasteiger partial charge on any atom is -0.489 e. The van der Waals surface area contributed by atoms with Gasteiger partial charge in [0.2, 0.25) is 0 Å². The van der Waals surface area contributed by atoms with Crippen LogP contribution in [0, 0.1) is 5.92 Å². The van der Waals surface area contributed by atoms with Crippen LogP contribution < -0.4 is 10.1 Å². The van der Waals surface area contributed by atoms with E-state index in [9.17, 15) is 18.0 Å². The largest absolute Gasteiger partial charge is 0.490 e. The molecule has 1 saturated carbocycles. The number of benzene rings is 3. The van der Waals surface area contributed by atoms with Crippen molar-refractivity contribution >= 4 is 17.6 Å². The second-order valence-electron chi connectivity index (χ2n) is 7.98. The van der Waals surface area contributed by atoms with Crippen LogP contribution in [0.15, 0.2) is 78.9 Å². The van der Waals surface area contributed by atoms with Gasteiger partial charge < -0.3 is 20.3 Å². The molecule has 0 saturated heterocycles. The first-order valence-corrected chi connectivity index (χ1v) is 10.8. The van der Waals surface area contributed by atoms with Gasteiger partial charge in [-0.05, 0) is 53.3 Å². The van der Waals surface area contributed by atoms with Crippen LogP contribution in [0.1, 0.15) is 29.0 Å². The molecule has 0 aliphatic heterocycles. The van der Waals surface area contributed by atoms with Crippen molar-refractivity contribution in [3.05, 3.63) is 95.6 Å². The Labute approximate surface area is 200 Å². The van der Waals surface area contributed by atoms with Gasteiger partial charge in [0.1, 0.15) is 12.4 Å². The molecule has 9 heteroatoms. The molecule has 6 nitrogen and oxygen atoms in total. The van der Waals surface area contributed by atoms with E-state index in [1.54, 1.807) is 0 Å². The summed E-state index contributed by atoms with van der Waals surface area (Å²) in [6.07, 6.45) is -4.33. The Kier molecular flexibility index (Phi) is 8.35. The number of carboxylic acids is 2. The Morgan fingerprint density at radius 2 is 1.49 bits per heavy atom. The van der Waals surface area contributed by atoms with Gasteiger partial charge in [0.15, 0.2) is 0 Å². The topological polar surface area (TPSA) is 95.9 Å². The van der Waals surface area contributed by atoms with Crippen LogP contribution in [0.4, 0.5) is 18.9 Å². The molecule has 1 aliphatic rings. The fraction of sp³-hybridized carbons (Fsp3) is 0.231. The number of nitrogens with one attached hydrogen (secondary N) is 1. The zero-order valence-corrected chi connectivity index (χ0v) is 18.5. The maximum Gasteiger partial charge on any atom is 0.490 e. The smallest absolute Gasteiger partial charge is 0.489 e. The zero-order chi connectivity index (χ0) is 25.4. The Bertz CT molecular complexity index is 1120. The number of anilines is 1. The van der Waals surface area contributed by atoms with E-state index < -0.39 is 18.1 Å². The van der Waals surface area contributed by atoms with E-state index in [-0.39, 0.29) is 11.8 Å². The minimum absolute atomic E-state index is 0.176. The summed E-state index contributed by atoms with van der Waals surface area (Å²) < 4.78 is 37.6. The van der Waals surface area contributed by atoms with Crippen molar-refractivity contribution in [1.82, 2.24) is 0 Å². The fourth-order valence-corrected chi connectivity index (χ4v) is 3.33. The van der Waals surface area contributed by atoms with Gasteiger partial charge >= 0.3 is 18.1 Å². The summed E-state index contributed by atoms with van der Waals surface area (Å²) in [5.74, 6) is -2.62. The van der Waals surface area contributed by atoms with Crippen LogP contribution in [-0.4, -0.2) is 28.3 Å². The highest BCUT2D eigenvalue weighted by Gasteiger charge is 2.44. The van der Waals surface area contributed by atoms with Crippen molar-refractivity contribution in [2.24, 2.45) is 5.92 Å². The lowest BCUT2D eigenvalue weighted by Crippen LogP contribution is -2.21. The molecule has 1 unspecified atom stereocenters. The summed E-state index contributed by atoms with van der Waals surface area (Å²) in [6, 6.07) is 26.3. The van der Waals surface area contributed by atoms with Gasteiger partial charge in [0.05, 0.1) is 5.92 Å². The summed E-state index contributed by atoms with van der Waals surface area (Å²) in [4.78, 5) is 19.9. The van der Waals surface area contributed by atoms with Crippen molar-refractivity contribution in [1.29, 1.82) is 0 Å². The van der Waals surface area contributed by atoms with Crippen molar-refractivity contribution in [2.75, 3.05) is 5.32 Å². The van der Waals surface area contributed by atoms with Gasteiger partial charge in [-0.25, -0.2) is 4.79 Å². The van der Waals surface area contributed by atoms with Crippen molar-refractivity contribution < 1.29 is 37.7 Å². The normalized spacial score (nSPS) is 16.4. The van der Waals surface area contributed by atoms with E-state index >= 15 is 0 Å². The molecule has 0 amide bonds. The molecule has 2 atom stereocenters. The van der Waals surface area contributed by atoms with Crippen LogP contribution in [0.2, 0.25) is 0 Å². The molecule has 1 aliphatic carbocycles. The predicted molar refractivity (Wildman–Crippen MR) is 123 cm³/mol. The van der Waals surface area contributed by atoms with E-state index in [0.717, 1.165) is 35.5 Å². The maximum absolute atomic E-state index is 11.0. The van der Waals surface area contributed by atoms with E-state index in [2.05, 4.69) is 29.6 Å². The number of aliphatic carboxylic acids is 2. The SMILES string of the molecule is O=C(O)C(F)(F)F.O=C(O)[C@H]1CC1c1ccc(NCc2ccc(OCc3ccccc3)cc2)cc1. The second kappa shape index (κ2) is 11.4. The highest BCUT2D eigenvalue weighted by atomic mass is 19.4. The molecule has 35 heavy (non-hydrogen) atoms. The number of hydrogen-bond acceptors (Lipinski definition) is 4. The third-order valence-electron chi connectivity index (χ3n) is 5.36. The molecule has 0 bridgehead atoms. The number of alkyl halides is 3. The number of carboxylic acid groups (broad SMARTS) is 2. The fourth-order valence-electron chi connectivity index (χ4n) is 3.33. The highest BCUT2D eigenvalue weighted by molar-refractivity contribution is 5.75.